The van der Waals surface area contributed by atoms with E-state index in [1.807, 2.05) is 38.7 Å². The molecule has 0 fully saturated rings. The summed E-state index contributed by atoms with van der Waals surface area (Å²) in [6.07, 6.45) is 7.88. The smallest absolute Gasteiger partial charge is 0.0367 e. The summed E-state index contributed by atoms with van der Waals surface area (Å²) >= 11 is 0. The minimum atomic E-state index is 0. The van der Waals surface area contributed by atoms with Gasteiger partial charge in [0.25, 0.3) is 0 Å². The Bertz CT molecular complexity index is 190. The van der Waals surface area contributed by atoms with E-state index in [4.69, 9.17) is 0 Å². The van der Waals surface area contributed by atoms with Gasteiger partial charge in [-0.1, -0.05) is 0 Å². The Balaban J connectivity index is 0. The van der Waals surface area contributed by atoms with Crippen molar-refractivity contribution in [2.24, 2.45) is 0 Å². The summed E-state index contributed by atoms with van der Waals surface area (Å²) in [5.74, 6) is 0. The molecular formula is C8H10ClMnN-. The van der Waals surface area contributed by atoms with Crippen LogP contribution in [-0.2, 0) is 17.1 Å². The van der Waals surface area contributed by atoms with Crippen molar-refractivity contribution >= 4 is 0 Å². The molecule has 0 aliphatic heterocycles. The first-order valence-electron chi connectivity index (χ1n) is 2.94. The van der Waals surface area contributed by atoms with Gasteiger partial charge in [0.2, 0.25) is 0 Å². The fourth-order valence-corrected chi connectivity index (χ4v) is 0.676. The second-order valence-electron chi connectivity index (χ2n) is 2.15. The third kappa shape index (κ3) is 4.34. The minimum Gasteiger partial charge on any atom is -1.00 e. The summed E-state index contributed by atoms with van der Waals surface area (Å²) in [4.78, 5) is 2.06. The second kappa shape index (κ2) is 6.57. The Kier molecular flexibility index (Phi) is 8.04. The summed E-state index contributed by atoms with van der Waals surface area (Å²) in [5, 5.41) is 0. The van der Waals surface area contributed by atoms with Crippen LogP contribution in [0, 0.1) is 6.42 Å². The van der Waals surface area contributed by atoms with Gasteiger partial charge in [0.05, 0.1) is 0 Å². The normalized spacial score (nSPS) is 12.7. The number of nitrogens with zero attached hydrogens (tertiary/aromatic N) is 1. The zero-order chi connectivity index (χ0) is 6.69. The van der Waals surface area contributed by atoms with Gasteiger partial charge in [-0.3, -0.25) is 0 Å². The molecule has 1 aliphatic carbocycles. The fourth-order valence-electron chi connectivity index (χ4n) is 0.676. The first kappa shape index (κ1) is 13.5. The maximum Gasteiger partial charge on any atom is 0.0367 e. The third-order valence-corrected chi connectivity index (χ3v) is 1.22. The Labute approximate surface area is 84.7 Å². The van der Waals surface area contributed by atoms with E-state index in [2.05, 4.69) is 10.6 Å². The summed E-state index contributed by atoms with van der Waals surface area (Å²) in [7, 11) is 4.05. The summed E-state index contributed by atoms with van der Waals surface area (Å²) in [6, 6.07) is 0. The van der Waals surface area contributed by atoms with Crippen LogP contribution in [0.25, 0.3) is 0 Å². The monoisotopic (exact) mass is 210 g/mol. The van der Waals surface area contributed by atoms with Gasteiger partial charge in [0.15, 0.2) is 0 Å². The molecule has 2 radical (unpaired) electrons. The van der Waals surface area contributed by atoms with Crippen molar-refractivity contribution in [3.63, 3.8) is 0 Å². The zero-order valence-corrected chi connectivity index (χ0v) is 8.45. The van der Waals surface area contributed by atoms with E-state index >= 15 is 0 Å². The molecule has 3 heteroatoms. The molecule has 1 nitrogen and oxygen atoms in total. The molecule has 0 bridgehead atoms. The average Bonchev–Trinajstić information content (AvgIpc) is 1.90. The molecule has 0 unspecified atom stereocenters. The van der Waals surface area contributed by atoms with Crippen LogP contribution >= 0.6 is 0 Å². The van der Waals surface area contributed by atoms with Gasteiger partial charge in [-0.25, -0.2) is 0 Å². The molecule has 0 amide bonds. The van der Waals surface area contributed by atoms with E-state index in [1.165, 1.54) is 5.70 Å². The number of hydrogen-bond donors (Lipinski definition) is 0. The minimum absolute atomic E-state index is 0. The van der Waals surface area contributed by atoms with Gasteiger partial charge < -0.3 is 17.3 Å². The van der Waals surface area contributed by atoms with Gasteiger partial charge in [-0.2, -0.15) is 0 Å². The first-order valence-corrected chi connectivity index (χ1v) is 2.94. The molecule has 1 rings (SSSR count). The predicted molar refractivity (Wildman–Crippen MR) is 38.7 cm³/mol. The summed E-state index contributed by atoms with van der Waals surface area (Å²) < 4.78 is 0. The Morgan fingerprint density at radius 2 is 1.91 bits per heavy atom. The van der Waals surface area contributed by atoms with Gasteiger partial charge in [-0.15, -0.1) is 5.73 Å². The van der Waals surface area contributed by atoms with Gasteiger partial charge in [0, 0.05) is 43.3 Å². The van der Waals surface area contributed by atoms with Crippen LogP contribution in [0.3, 0.4) is 0 Å². The van der Waals surface area contributed by atoms with E-state index in [9.17, 15) is 0 Å². The van der Waals surface area contributed by atoms with E-state index in [1.54, 1.807) is 0 Å². The van der Waals surface area contributed by atoms with E-state index in [0.29, 0.717) is 0 Å². The maximum atomic E-state index is 2.96. The van der Waals surface area contributed by atoms with E-state index in [-0.39, 0.29) is 29.5 Å². The van der Waals surface area contributed by atoms with Crippen molar-refractivity contribution in [2.45, 2.75) is 0 Å². The predicted octanol–water partition coefficient (Wildman–Crippen LogP) is -1.64. The van der Waals surface area contributed by atoms with Crippen LogP contribution in [0.1, 0.15) is 0 Å². The number of hydrogen-bond acceptors (Lipinski definition) is 1. The van der Waals surface area contributed by atoms with Crippen LogP contribution in [0.5, 0.6) is 0 Å². The van der Waals surface area contributed by atoms with Gasteiger partial charge in [-0.05, 0) is 18.2 Å². The molecule has 0 aromatic rings. The molecule has 1 aliphatic rings. The molecule has 0 aromatic carbocycles. The van der Waals surface area contributed by atoms with Crippen LogP contribution in [0.2, 0.25) is 0 Å². The van der Waals surface area contributed by atoms with Crippen LogP contribution in [0.15, 0.2) is 29.7 Å². The van der Waals surface area contributed by atoms with Crippen LogP contribution in [0.4, 0.5) is 0 Å². The average molecular weight is 211 g/mol. The summed E-state index contributed by atoms with van der Waals surface area (Å²) in [6.45, 7) is 0. The summed E-state index contributed by atoms with van der Waals surface area (Å²) in [5.41, 5.74) is 4.18. The molecule has 11 heavy (non-hydrogen) atoms. The fraction of sp³-hybridized carbons (Fsp3) is 0.250. The number of halogens is 1. The zero-order valence-electron chi connectivity index (χ0n) is 6.51. The molecule has 62 valence electrons. The molecule has 0 heterocycles. The van der Waals surface area contributed by atoms with Crippen molar-refractivity contribution in [2.75, 3.05) is 14.1 Å². The Morgan fingerprint density at radius 1 is 1.27 bits per heavy atom. The maximum absolute atomic E-state index is 2.96. The molecule has 0 N–H and O–H groups in total. The molecule has 0 saturated carbocycles. The van der Waals surface area contributed by atoms with E-state index < -0.39 is 0 Å². The molecular weight excluding hydrogens is 200 g/mol. The number of rotatable bonds is 1. The van der Waals surface area contributed by atoms with Gasteiger partial charge >= 0.3 is 0 Å². The quantitative estimate of drug-likeness (QED) is 0.371. The SMILES string of the molecule is CN(C)C1=CC=C=C[CH]1.[Cl-].[Mn]. The van der Waals surface area contributed by atoms with Crippen LogP contribution < -0.4 is 12.4 Å². The van der Waals surface area contributed by atoms with E-state index in [0.717, 1.165) is 0 Å². The van der Waals surface area contributed by atoms with Crippen molar-refractivity contribution in [1.29, 1.82) is 0 Å². The largest absolute Gasteiger partial charge is 1.00 e. The molecule has 0 saturated heterocycles. The van der Waals surface area contributed by atoms with Crippen LogP contribution in [-0.4, -0.2) is 19.0 Å². The number of allylic oxidation sites excluding steroid dienone is 2. The van der Waals surface area contributed by atoms with Gasteiger partial charge in [0.1, 0.15) is 0 Å². The van der Waals surface area contributed by atoms with Crippen molar-refractivity contribution in [1.82, 2.24) is 4.90 Å². The van der Waals surface area contributed by atoms with Crippen molar-refractivity contribution in [3.8, 4) is 0 Å². The third-order valence-electron chi connectivity index (χ3n) is 1.22. The van der Waals surface area contributed by atoms with Crippen molar-refractivity contribution < 1.29 is 29.5 Å². The molecule has 0 spiro atoms. The standard InChI is InChI=1S/C8H10N.ClH.Mn/c1-9(2)8-6-4-3-5-7-8;;/h4-7H,1-2H3;1H;/p-1. The Morgan fingerprint density at radius 3 is 2.18 bits per heavy atom. The van der Waals surface area contributed by atoms with Crippen molar-refractivity contribution in [3.05, 3.63) is 36.1 Å². The topological polar surface area (TPSA) is 3.24 Å². The molecule has 0 atom stereocenters. The second-order valence-corrected chi connectivity index (χ2v) is 2.15. The molecule has 0 aromatic heterocycles. The Hall–Kier alpha value is -0.131. The first-order chi connectivity index (χ1) is 4.30.